The van der Waals surface area contributed by atoms with E-state index in [9.17, 15) is 0 Å². The number of aromatic nitrogens is 1. The van der Waals surface area contributed by atoms with E-state index in [1.807, 2.05) is 29.6 Å². The molecule has 0 spiro atoms. The third-order valence-corrected chi connectivity index (χ3v) is 4.15. The molecule has 0 bridgehead atoms. The molecule has 3 rings (SSSR count). The molecule has 3 nitrogen and oxygen atoms in total. The fraction of sp³-hybridized carbons (Fsp3) is 0.133. The molecule has 0 aliphatic heterocycles. The number of nitrogens with two attached hydrogens (primary N) is 1. The fourth-order valence-electron chi connectivity index (χ4n) is 2.16. The van der Waals surface area contributed by atoms with Crippen molar-refractivity contribution in [1.82, 2.24) is 4.98 Å². The third kappa shape index (κ3) is 2.20. The molecule has 1 atom stereocenters. The first-order valence-corrected chi connectivity index (χ1v) is 6.89. The number of pyridine rings is 1. The summed E-state index contributed by atoms with van der Waals surface area (Å²) in [4.78, 5) is 5.45. The van der Waals surface area contributed by atoms with Gasteiger partial charge < -0.3 is 10.5 Å². The monoisotopic (exact) mass is 270 g/mol. The van der Waals surface area contributed by atoms with E-state index >= 15 is 0 Å². The van der Waals surface area contributed by atoms with Gasteiger partial charge in [-0.1, -0.05) is 18.2 Å². The van der Waals surface area contributed by atoms with Crippen LogP contribution < -0.4 is 10.5 Å². The summed E-state index contributed by atoms with van der Waals surface area (Å²) in [6.45, 7) is 0. The number of benzene rings is 1. The number of nitrogens with zero attached hydrogens (tertiary/aromatic N) is 1. The lowest BCUT2D eigenvalue weighted by molar-refractivity contribution is 0.416. The maximum Gasteiger partial charge on any atom is 0.129 e. The van der Waals surface area contributed by atoms with Crippen LogP contribution in [-0.2, 0) is 0 Å². The highest BCUT2D eigenvalue weighted by molar-refractivity contribution is 7.10. The molecule has 0 aliphatic rings. The minimum Gasteiger partial charge on any atom is -0.496 e. The summed E-state index contributed by atoms with van der Waals surface area (Å²) >= 11 is 1.62. The van der Waals surface area contributed by atoms with Crippen molar-refractivity contribution in [3.8, 4) is 5.75 Å². The largest absolute Gasteiger partial charge is 0.496 e. The smallest absolute Gasteiger partial charge is 0.129 e. The Morgan fingerprint density at radius 2 is 2.16 bits per heavy atom. The molecule has 2 aromatic heterocycles. The Labute approximate surface area is 115 Å². The zero-order valence-electron chi connectivity index (χ0n) is 10.5. The van der Waals surface area contributed by atoms with E-state index < -0.39 is 0 Å². The summed E-state index contributed by atoms with van der Waals surface area (Å²) in [7, 11) is 1.67. The minimum atomic E-state index is -0.151. The number of hydrogen-bond acceptors (Lipinski definition) is 4. The topological polar surface area (TPSA) is 48.1 Å². The van der Waals surface area contributed by atoms with Gasteiger partial charge in [-0.25, -0.2) is 0 Å². The fourth-order valence-corrected chi connectivity index (χ4v) is 3.03. The predicted molar refractivity (Wildman–Crippen MR) is 78.6 cm³/mol. The SMILES string of the molecule is COc1csc(C(N)c2cccc3ncccc23)c1. The molecule has 0 radical (unpaired) electrons. The lowest BCUT2D eigenvalue weighted by atomic mass is 10.0. The van der Waals surface area contributed by atoms with Gasteiger partial charge in [0.25, 0.3) is 0 Å². The highest BCUT2D eigenvalue weighted by atomic mass is 32.1. The Kier molecular flexibility index (Phi) is 3.19. The Morgan fingerprint density at radius 1 is 1.26 bits per heavy atom. The first kappa shape index (κ1) is 12.1. The third-order valence-electron chi connectivity index (χ3n) is 3.15. The lowest BCUT2D eigenvalue weighted by Crippen LogP contribution is -2.10. The van der Waals surface area contributed by atoms with E-state index in [4.69, 9.17) is 10.5 Å². The van der Waals surface area contributed by atoms with E-state index in [0.29, 0.717) is 0 Å². The molecule has 0 amide bonds. The molecule has 96 valence electrons. The zero-order valence-corrected chi connectivity index (χ0v) is 11.4. The molecule has 1 unspecified atom stereocenters. The number of hydrogen-bond donors (Lipinski definition) is 1. The van der Waals surface area contributed by atoms with Crippen molar-refractivity contribution < 1.29 is 4.74 Å². The van der Waals surface area contributed by atoms with E-state index in [-0.39, 0.29) is 6.04 Å². The standard InChI is InChI=1S/C15H14N2OS/c1-18-10-8-14(19-9-10)15(16)12-4-2-6-13-11(12)5-3-7-17-13/h2-9,15H,16H2,1H3. The van der Waals surface area contributed by atoms with Crippen LogP contribution in [0.25, 0.3) is 10.9 Å². The van der Waals surface area contributed by atoms with Gasteiger partial charge in [-0.15, -0.1) is 11.3 Å². The van der Waals surface area contributed by atoms with Crippen molar-refractivity contribution in [2.75, 3.05) is 7.11 Å². The quantitative estimate of drug-likeness (QED) is 0.794. The van der Waals surface area contributed by atoms with Crippen molar-refractivity contribution >= 4 is 22.2 Å². The Morgan fingerprint density at radius 3 is 2.95 bits per heavy atom. The van der Waals surface area contributed by atoms with Gasteiger partial charge in [0.05, 0.1) is 18.7 Å². The summed E-state index contributed by atoms with van der Waals surface area (Å²) < 4.78 is 5.21. The molecular weight excluding hydrogens is 256 g/mol. The van der Waals surface area contributed by atoms with Crippen LogP contribution in [0.5, 0.6) is 5.75 Å². The second kappa shape index (κ2) is 4.99. The van der Waals surface area contributed by atoms with Gasteiger partial charge in [0, 0.05) is 21.8 Å². The summed E-state index contributed by atoms with van der Waals surface area (Å²) in [5.74, 6) is 0.855. The van der Waals surface area contributed by atoms with E-state index in [1.54, 1.807) is 24.6 Å². The minimum absolute atomic E-state index is 0.151. The first-order chi connectivity index (χ1) is 9.29. The maximum atomic E-state index is 6.38. The summed E-state index contributed by atoms with van der Waals surface area (Å²) in [6, 6.07) is 11.9. The van der Waals surface area contributed by atoms with Gasteiger partial charge in [0.15, 0.2) is 0 Å². The molecular formula is C15H14N2OS. The van der Waals surface area contributed by atoms with Crippen LogP contribution in [0.1, 0.15) is 16.5 Å². The molecule has 19 heavy (non-hydrogen) atoms. The second-order valence-electron chi connectivity index (χ2n) is 4.28. The van der Waals surface area contributed by atoms with E-state index in [2.05, 4.69) is 17.1 Å². The normalized spacial score (nSPS) is 12.5. The molecule has 1 aromatic carbocycles. The number of rotatable bonds is 3. The Hall–Kier alpha value is -1.91. The molecule has 3 aromatic rings. The van der Waals surface area contributed by atoms with Crippen molar-refractivity contribution in [1.29, 1.82) is 0 Å². The van der Waals surface area contributed by atoms with Gasteiger partial charge in [-0.05, 0) is 23.8 Å². The lowest BCUT2D eigenvalue weighted by Gasteiger charge is -2.12. The number of thiophene rings is 1. The van der Waals surface area contributed by atoms with Crippen molar-refractivity contribution in [3.05, 3.63) is 58.4 Å². The Balaban J connectivity index is 2.08. The number of ether oxygens (including phenoxy) is 1. The molecule has 0 fully saturated rings. The van der Waals surface area contributed by atoms with Gasteiger partial charge in [-0.2, -0.15) is 0 Å². The molecule has 0 saturated carbocycles. The number of methoxy groups -OCH3 is 1. The summed E-state index contributed by atoms with van der Waals surface area (Å²) in [6.07, 6.45) is 1.80. The molecule has 2 N–H and O–H groups in total. The average Bonchev–Trinajstić information content (AvgIpc) is 2.95. The van der Waals surface area contributed by atoms with Crippen LogP contribution in [0.4, 0.5) is 0 Å². The van der Waals surface area contributed by atoms with Crippen LogP contribution in [0.2, 0.25) is 0 Å². The maximum absolute atomic E-state index is 6.38. The van der Waals surface area contributed by atoms with Crippen LogP contribution in [0, 0.1) is 0 Å². The Bertz CT molecular complexity index is 703. The highest BCUT2D eigenvalue weighted by Crippen LogP contribution is 2.32. The van der Waals surface area contributed by atoms with E-state index in [0.717, 1.165) is 27.1 Å². The van der Waals surface area contributed by atoms with E-state index in [1.165, 1.54) is 0 Å². The summed E-state index contributed by atoms with van der Waals surface area (Å²) in [5, 5.41) is 3.07. The van der Waals surface area contributed by atoms with Crippen LogP contribution in [-0.4, -0.2) is 12.1 Å². The van der Waals surface area contributed by atoms with Crippen molar-refractivity contribution in [2.45, 2.75) is 6.04 Å². The van der Waals surface area contributed by atoms with Gasteiger partial charge in [-0.3, -0.25) is 4.98 Å². The van der Waals surface area contributed by atoms with Gasteiger partial charge >= 0.3 is 0 Å². The van der Waals surface area contributed by atoms with Gasteiger partial charge in [0.2, 0.25) is 0 Å². The average molecular weight is 270 g/mol. The highest BCUT2D eigenvalue weighted by Gasteiger charge is 2.14. The molecule has 2 heterocycles. The zero-order chi connectivity index (χ0) is 13.2. The number of fused-ring (bicyclic) bond motifs is 1. The second-order valence-corrected chi connectivity index (χ2v) is 5.23. The van der Waals surface area contributed by atoms with Crippen LogP contribution >= 0.6 is 11.3 Å². The summed E-state index contributed by atoms with van der Waals surface area (Å²) in [5.41, 5.74) is 8.44. The molecule has 4 heteroatoms. The van der Waals surface area contributed by atoms with Gasteiger partial charge in [0.1, 0.15) is 5.75 Å². The van der Waals surface area contributed by atoms with Crippen molar-refractivity contribution in [3.63, 3.8) is 0 Å². The first-order valence-electron chi connectivity index (χ1n) is 6.01. The predicted octanol–water partition coefficient (Wildman–Crippen LogP) is 3.35. The molecule has 0 aliphatic carbocycles. The van der Waals surface area contributed by atoms with Crippen LogP contribution in [0.15, 0.2) is 48.0 Å². The molecule has 0 saturated heterocycles. The van der Waals surface area contributed by atoms with Crippen molar-refractivity contribution in [2.24, 2.45) is 5.73 Å². The van der Waals surface area contributed by atoms with Crippen LogP contribution in [0.3, 0.4) is 0 Å².